The summed E-state index contributed by atoms with van der Waals surface area (Å²) >= 11 is 0. The summed E-state index contributed by atoms with van der Waals surface area (Å²) in [5, 5.41) is 6.44. The number of hydrogen-bond acceptors (Lipinski definition) is 2. The van der Waals surface area contributed by atoms with Crippen molar-refractivity contribution >= 4 is 5.91 Å². The van der Waals surface area contributed by atoms with E-state index in [1.165, 1.54) is 6.42 Å². The van der Waals surface area contributed by atoms with Crippen molar-refractivity contribution in [3.63, 3.8) is 0 Å². The van der Waals surface area contributed by atoms with E-state index in [1.54, 1.807) is 0 Å². The van der Waals surface area contributed by atoms with Crippen molar-refractivity contribution in [1.29, 1.82) is 0 Å². The molecule has 0 aromatic heterocycles. The van der Waals surface area contributed by atoms with E-state index < -0.39 is 0 Å². The Hall–Kier alpha value is -0.570. The quantitative estimate of drug-likeness (QED) is 0.826. The van der Waals surface area contributed by atoms with Gasteiger partial charge in [0, 0.05) is 11.6 Å². The molecule has 0 spiro atoms. The Morgan fingerprint density at radius 2 is 1.58 bits per heavy atom. The second-order valence-corrected chi connectivity index (χ2v) is 8.79. The van der Waals surface area contributed by atoms with Crippen LogP contribution in [0.4, 0.5) is 0 Å². The third-order valence-corrected chi connectivity index (χ3v) is 3.62. The third kappa shape index (κ3) is 6.42. The highest BCUT2D eigenvalue weighted by Crippen LogP contribution is 2.45. The van der Waals surface area contributed by atoms with Gasteiger partial charge in [-0.05, 0) is 50.9 Å². The zero-order valence-corrected chi connectivity index (χ0v) is 13.8. The minimum atomic E-state index is -0.149. The number of rotatable bonds is 3. The van der Waals surface area contributed by atoms with Crippen LogP contribution in [0.5, 0.6) is 0 Å². The summed E-state index contributed by atoms with van der Waals surface area (Å²) in [6.45, 7) is 15.8. The van der Waals surface area contributed by atoms with Crippen LogP contribution in [0.15, 0.2) is 0 Å². The molecule has 2 N–H and O–H groups in total. The predicted octanol–water partition coefficient (Wildman–Crippen LogP) is 3.10. The van der Waals surface area contributed by atoms with Gasteiger partial charge < -0.3 is 10.6 Å². The molecule has 0 saturated heterocycles. The van der Waals surface area contributed by atoms with E-state index in [9.17, 15) is 4.79 Å². The van der Waals surface area contributed by atoms with Crippen LogP contribution in [-0.4, -0.2) is 24.0 Å². The molecule has 1 rings (SSSR count). The SMILES string of the molecule is CC1(C)CC(NCC(=O)NC(C)(C)C)CC(C)(C)C1. The first-order valence-electron chi connectivity index (χ1n) is 7.43. The summed E-state index contributed by atoms with van der Waals surface area (Å²) in [6.07, 6.45) is 3.56. The summed E-state index contributed by atoms with van der Waals surface area (Å²) in [7, 11) is 0. The molecule has 0 heterocycles. The Morgan fingerprint density at radius 3 is 2.00 bits per heavy atom. The Balaban J connectivity index is 2.47. The van der Waals surface area contributed by atoms with Gasteiger partial charge in [0.2, 0.25) is 5.91 Å². The van der Waals surface area contributed by atoms with Crippen molar-refractivity contribution in [2.45, 2.75) is 79.3 Å². The number of nitrogens with one attached hydrogen (secondary N) is 2. The molecule has 0 aromatic rings. The van der Waals surface area contributed by atoms with Gasteiger partial charge in [0.25, 0.3) is 0 Å². The monoisotopic (exact) mass is 268 g/mol. The molecule has 1 aliphatic rings. The van der Waals surface area contributed by atoms with Gasteiger partial charge in [-0.15, -0.1) is 0 Å². The highest BCUT2D eigenvalue weighted by molar-refractivity contribution is 5.78. The van der Waals surface area contributed by atoms with Gasteiger partial charge >= 0.3 is 0 Å². The van der Waals surface area contributed by atoms with Crippen LogP contribution < -0.4 is 10.6 Å². The fourth-order valence-electron chi connectivity index (χ4n) is 3.69. The van der Waals surface area contributed by atoms with Gasteiger partial charge in [-0.3, -0.25) is 4.79 Å². The molecule has 19 heavy (non-hydrogen) atoms. The second kappa shape index (κ2) is 5.43. The molecule has 3 heteroatoms. The van der Waals surface area contributed by atoms with Crippen molar-refractivity contribution in [1.82, 2.24) is 10.6 Å². The highest BCUT2D eigenvalue weighted by Gasteiger charge is 2.38. The van der Waals surface area contributed by atoms with Crippen LogP contribution in [0, 0.1) is 10.8 Å². The molecular weight excluding hydrogens is 236 g/mol. The Labute approximate surface area is 118 Å². The Morgan fingerprint density at radius 1 is 1.11 bits per heavy atom. The summed E-state index contributed by atoms with van der Waals surface area (Å²) < 4.78 is 0. The van der Waals surface area contributed by atoms with Gasteiger partial charge in [0.1, 0.15) is 0 Å². The first-order chi connectivity index (χ1) is 8.39. The number of carbonyl (C=O) groups excluding carboxylic acids is 1. The lowest BCUT2D eigenvalue weighted by Gasteiger charge is -2.45. The van der Waals surface area contributed by atoms with E-state index in [1.807, 2.05) is 20.8 Å². The van der Waals surface area contributed by atoms with E-state index in [-0.39, 0.29) is 11.4 Å². The van der Waals surface area contributed by atoms with Gasteiger partial charge in [-0.25, -0.2) is 0 Å². The van der Waals surface area contributed by atoms with Crippen molar-refractivity contribution in [2.75, 3.05) is 6.54 Å². The summed E-state index contributed by atoms with van der Waals surface area (Å²) in [5.74, 6) is 0.0914. The lowest BCUT2D eigenvalue weighted by Crippen LogP contribution is -2.49. The summed E-state index contributed by atoms with van der Waals surface area (Å²) in [6, 6.07) is 0.449. The normalized spacial score (nSPS) is 23.1. The van der Waals surface area contributed by atoms with Gasteiger partial charge in [0.15, 0.2) is 0 Å². The molecule has 1 amide bonds. The molecule has 0 unspecified atom stereocenters. The van der Waals surface area contributed by atoms with E-state index >= 15 is 0 Å². The van der Waals surface area contributed by atoms with E-state index in [4.69, 9.17) is 0 Å². The Kier molecular flexibility index (Phi) is 4.71. The van der Waals surface area contributed by atoms with Crippen molar-refractivity contribution in [2.24, 2.45) is 10.8 Å². The number of amides is 1. The average Bonchev–Trinajstić information content (AvgIpc) is 2.06. The fraction of sp³-hybridized carbons (Fsp3) is 0.938. The minimum Gasteiger partial charge on any atom is -0.350 e. The summed E-state index contributed by atoms with van der Waals surface area (Å²) in [4.78, 5) is 11.9. The molecule has 1 fully saturated rings. The standard InChI is InChI=1S/C16H32N2O/c1-14(2,3)18-13(19)10-17-12-8-15(4,5)11-16(6,7)9-12/h12,17H,8-11H2,1-7H3,(H,18,19). The van der Waals surface area contributed by atoms with E-state index in [0.29, 0.717) is 23.4 Å². The van der Waals surface area contributed by atoms with Crippen LogP contribution in [-0.2, 0) is 4.79 Å². The molecule has 0 atom stereocenters. The predicted molar refractivity (Wildman–Crippen MR) is 81.1 cm³/mol. The smallest absolute Gasteiger partial charge is 0.234 e. The van der Waals surface area contributed by atoms with E-state index in [0.717, 1.165) is 12.8 Å². The maximum atomic E-state index is 11.9. The molecule has 1 saturated carbocycles. The highest BCUT2D eigenvalue weighted by atomic mass is 16.2. The molecule has 3 nitrogen and oxygen atoms in total. The zero-order chi connectivity index (χ0) is 14.9. The van der Waals surface area contributed by atoms with Gasteiger partial charge in [-0.1, -0.05) is 27.7 Å². The molecule has 0 aliphatic heterocycles. The van der Waals surface area contributed by atoms with Crippen LogP contribution in [0.3, 0.4) is 0 Å². The van der Waals surface area contributed by atoms with Crippen LogP contribution >= 0.6 is 0 Å². The van der Waals surface area contributed by atoms with Crippen LogP contribution in [0.2, 0.25) is 0 Å². The zero-order valence-electron chi connectivity index (χ0n) is 13.8. The van der Waals surface area contributed by atoms with Crippen molar-refractivity contribution in [3.05, 3.63) is 0 Å². The van der Waals surface area contributed by atoms with Crippen molar-refractivity contribution < 1.29 is 4.79 Å². The fourth-order valence-corrected chi connectivity index (χ4v) is 3.69. The minimum absolute atomic E-state index is 0.0914. The lowest BCUT2D eigenvalue weighted by atomic mass is 9.63. The van der Waals surface area contributed by atoms with Crippen LogP contribution in [0.25, 0.3) is 0 Å². The average molecular weight is 268 g/mol. The molecule has 0 bridgehead atoms. The molecule has 0 aromatic carbocycles. The lowest BCUT2D eigenvalue weighted by molar-refractivity contribution is -0.122. The van der Waals surface area contributed by atoms with Gasteiger partial charge in [-0.2, -0.15) is 0 Å². The van der Waals surface area contributed by atoms with Crippen LogP contribution in [0.1, 0.15) is 67.7 Å². The number of hydrogen-bond donors (Lipinski definition) is 2. The largest absolute Gasteiger partial charge is 0.350 e. The Bertz CT molecular complexity index is 310. The molecule has 0 radical (unpaired) electrons. The first kappa shape index (κ1) is 16.5. The molecule has 112 valence electrons. The molecular formula is C16H32N2O. The topological polar surface area (TPSA) is 41.1 Å². The maximum Gasteiger partial charge on any atom is 0.234 e. The van der Waals surface area contributed by atoms with Crippen molar-refractivity contribution in [3.8, 4) is 0 Å². The second-order valence-electron chi connectivity index (χ2n) is 8.79. The summed E-state index contributed by atoms with van der Waals surface area (Å²) in [5.41, 5.74) is 0.573. The third-order valence-electron chi connectivity index (χ3n) is 3.62. The number of carbonyl (C=O) groups is 1. The maximum absolute atomic E-state index is 11.9. The van der Waals surface area contributed by atoms with Gasteiger partial charge in [0.05, 0.1) is 6.54 Å². The first-order valence-corrected chi connectivity index (χ1v) is 7.43. The molecule has 1 aliphatic carbocycles. The van der Waals surface area contributed by atoms with E-state index in [2.05, 4.69) is 38.3 Å².